The van der Waals surface area contributed by atoms with Crippen LogP contribution in [0.2, 0.25) is 10.3 Å². The Bertz CT molecular complexity index is 1150. The van der Waals surface area contributed by atoms with Crippen molar-refractivity contribution < 1.29 is 24.3 Å². The van der Waals surface area contributed by atoms with Crippen molar-refractivity contribution in [2.75, 3.05) is 39.3 Å². The summed E-state index contributed by atoms with van der Waals surface area (Å²) in [5.74, 6) is -0.691. The third-order valence-corrected chi connectivity index (χ3v) is 8.53. The molecule has 39 heavy (non-hydrogen) atoms. The molecule has 3 amide bonds. The zero-order valence-corrected chi connectivity index (χ0v) is 24.3. The molecule has 2 aliphatic rings. The molecule has 2 saturated heterocycles. The summed E-state index contributed by atoms with van der Waals surface area (Å²) in [6, 6.07) is 3.71. The zero-order valence-electron chi connectivity index (χ0n) is 22.0. The van der Waals surface area contributed by atoms with Gasteiger partial charge in [-0.15, -0.1) is 0 Å². The molecule has 2 fully saturated rings. The maximum absolute atomic E-state index is 13.3. The second-order valence-electron chi connectivity index (χ2n) is 9.95. The van der Waals surface area contributed by atoms with Gasteiger partial charge in [-0.1, -0.05) is 23.2 Å². The highest BCUT2D eigenvalue weighted by Crippen LogP contribution is 2.25. The second kappa shape index (κ2) is 13.3. The number of thiophene rings is 1. The van der Waals surface area contributed by atoms with E-state index in [-0.39, 0.29) is 47.0 Å². The van der Waals surface area contributed by atoms with Gasteiger partial charge in [-0.25, -0.2) is 14.8 Å². The predicted octanol–water partition coefficient (Wildman–Crippen LogP) is 4.31. The number of nitrogens with zero attached hydrogens (tertiary/aromatic N) is 5. The summed E-state index contributed by atoms with van der Waals surface area (Å²) >= 11 is 13.6. The van der Waals surface area contributed by atoms with Crippen molar-refractivity contribution in [3.63, 3.8) is 0 Å². The minimum atomic E-state index is -0.614. The Labute approximate surface area is 242 Å². The maximum atomic E-state index is 13.3. The van der Waals surface area contributed by atoms with E-state index < -0.39 is 12.0 Å². The van der Waals surface area contributed by atoms with Crippen molar-refractivity contribution in [3.05, 3.63) is 49.9 Å². The Hall–Kier alpha value is -2.44. The van der Waals surface area contributed by atoms with Gasteiger partial charge in [-0.05, 0) is 67.1 Å². The Morgan fingerprint density at radius 1 is 1.28 bits per heavy atom. The molecule has 4 rings (SSSR count). The number of hydroxylamine groups is 2. The van der Waals surface area contributed by atoms with Crippen LogP contribution in [0.15, 0.2) is 22.9 Å². The lowest BCUT2D eigenvalue weighted by Gasteiger charge is -2.41. The summed E-state index contributed by atoms with van der Waals surface area (Å²) in [5, 5.41) is 15.3. The van der Waals surface area contributed by atoms with Crippen molar-refractivity contribution in [2.45, 2.75) is 51.7 Å². The molecule has 0 bridgehead atoms. The van der Waals surface area contributed by atoms with Crippen LogP contribution < -0.4 is 0 Å². The van der Waals surface area contributed by atoms with Gasteiger partial charge in [-0.2, -0.15) is 11.3 Å². The van der Waals surface area contributed by atoms with E-state index in [0.29, 0.717) is 36.7 Å². The van der Waals surface area contributed by atoms with Gasteiger partial charge in [-0.3, -0.25) is 19.7 Å². The minimum absolute atomic E-state index is 0.0204. The first-order valence-corrected chi connectivity index (χ1v) is 14.6. The molecular weight excluding hydrogens is 565 g/mol. The van der Waals surface area contributed by atoms with E-state index in [2.05, 4.69) is 16.8 Å². The molecule has 0 aromatic carbocycles. The third kappa shape index (κ3) is 7.40. The predicted molar refractivity (Wildman–Crippen MR) is 148 cm³/mol. The molecule has 4 heterocycles. The van der Waals surface area contributed by atoms with Gasteiger partial charge in [0.05, 0.1) is 18.7 Å². The SMILES string of the molecule is Cc1cc(Cl)nc(Cl)c1C(=O)N(O)CC[C@@H](C)N1CCC(N(Cc2ccsc2)C(=O)CN2CCOC2=O)CC1. The summed E-state index contributed by atoms with van der Waals surface area (Å²) in [4.78, 5) is 47.5. The van der Waals surface area contributed by atoms with Crippen molar-refractivity contribution >= 4 is 52.4 Å². The molecular formula is C26H33Cl2N5O5S. The number of carbonyl (C=O) groups excluding carboxylic acids is 3. The smallest absolute Gasteiger partial charge is 0.410 e. The minimum Gasteiger partial charge on any atom is -0.448 e. The number of hydrogen-bond donors (Lipinski definition) is 1. The Morgan fingerprint density at radius 3 is 2.64 bits per heavy atom. The molecule has 0 radical (unpaired) electrons. The van der Waals surface area contributed by atoms with Crippen LogP contribution in [-0.4, -0.2) is 99.3 Å². The van der Waals surface area contributed by atoms with Gasteiger partial charge in [0, 0.05) is 31.7 Å². The number of cyclic esters (lactones) is 1. The largest absolute Gasteiger partial charge is 0.448 e. The van der Waals surface area contributed by atoms with Crippen molar-refractivity contribution in [3.8, 4) is 0 Å². The van der Waals surface area contributed by atoms with E-state index >= 15 is 0 Å². The Balaban J connectivity index is 1.31. The lowest BCUT2D eigenvalue weighted by molar-refractivity contribution is -0.136. The number of amides is 3. The summed E-state index contributed by atoms with van der Waals surface area (Å²) in [6.45, 7) is 6.70. The highest BCUT2D eigenvalue weighted by atomic mass is 35.5. The molecule has 0 unspecified atom stereocenters. The van der Waals surface area contributed by atoms with E-state index in [1.807, 2.05) is 21.7 Å². The summed E-state index contributed by atoms with van der Waals surface area (Å²) in [5.41, 5.74) is 1.75. The number of aryl methyl sites for hydroxylation is 1. The lowest BCUT2D eigenvalue weighted by Crippen LogP contribution is -2.51. The molecule has 2 aromatic heterocycles. The van der Waals surface area contributed by atoms with Crippen LogP contribution in [0.4, 0.5) is 4.79 Å². The number of carbonyl (C=O) groups is 3. The second-order valence-corrected chi connectivity index (χ2v) is 11.5. The van der Waals surface area contributed by atoms with Gasteiger partial charge in [0.1, 0.15) is 23.5 Å². The van der Waals surface area contributed by atoms with Gasteiger partial charge in [0.2, 0.25) is 5.91 Å². The Morgan fingerprint density at radius 2 is 2.03 bits per heavy atom. The van der Waals surface area contributed by atoms with Crippen LogP contribution in [0.25, 0.3) is 0 Å². The van der Waals surface area contributed by atoms with Gasteiger partial charge in [0.25, 0.3) is 5.91 Å². The van der Waals surface area contributed by atoms with E-state index in [4.69, 9.17) is 27.9 Å². The monoisotopic (exact) mass is 597 g/mol. The number of halogens is 2. The topological polar surface area (TPSA) is 107 Å². The Kier molecular flexibility index (Phi) is 10.1. The van der Waals surface area contributed by atoms with Crippen LogP contribution in [-0.2, 0) is 16.1 Å². The van der Waals surface area contributed by atoms with Crippen LogP contribution in [0.3, 0.4) is 0 Å². The van der Waals surface area contributed by atoms with Gasteiger partial charge in [0.15, 0.2) is 0 Å². The average molecular weight is 599 g/mol. The highest BCUT2D eigenvalue weighted by Gasteiger charge is 2.33. The van der Waals surface area contributed by atoms with Crippen LogP contribution >= 0.6 is 34.5 Å². The fourth-order valence-corrected chi connectivity index (χ4v) is 6.31. The molecule has 212 valence electrons. The molecule has 1 atom stereocenters. The lowest BCUT2D eigenvalue weighted by atomic mass is 10.00. The first-order chi connectivity index (χ1) is 18.6. The number of rotatable bonds is 10. The van der Waals surface area contributed by atoms with Crippen molar-refractivity contribution in [1.29, 1.82) is 0 Å². The normalized spacial score (nSPS) is 17.3. The van der Waals surface area contributed by atoms with Gasteiger partial charge < -0.3 is 14.5 Å². The number of piperidine rings is 1. The molecule has 2 aliphatic heterocycles. The van der Waals surface area contributed by atoms with Crippen LogP contribution in [0.1, 0.15) is 47.7 Å². The number of aromatic nitrogens is 1. The fraction of sp³-hybridized carbons (Fsp3) is 0.538. The summed E-state index contributed by atoms with van der Waals surface area (Å²) < 4.78 is 4.99. The van der Waals surface area contributed by atoms with Crippen molar-refractivity contribution in [1.82, 2.24) is 24.7 Å². The molecule has 0 aliphatic carbocycles. The standard InChI is InChI=1S/C26H33Cl2N5O5S/c1-17-13-21(27)29-24(28)23(17)25(35)33(37)9-3-18(2)30-7-4-20(5-8-30)32(14-19-6-12-39-16-19)22(34)15-31-10-11-38-26(31)36/h6,12-13,16,18,20,37H,3-5,7-11,14-15H2,1-2H3/t18-/m1/s1. The van der Waals surface area contributed by atoms with E-state index in [1.165, 1.54) is 11.0 Å². The fourth-order valence-electron chi connectivity index (χ4n) is 5.04. The quantitative estimate of drug-likeness (QED) is 0.247. The molecule has 0 saturated carbocycles. The highest BCUT2D eigenvalue weighted by molar-refractivity contribution is 7.07. The maximum Gasteiger partial charge on any atom is 0.410 e. The number of hydrogen-bond acceptors (Lipinski definition) is 8. The van der Waals surface area contributed by atoms with E-state index in [0.717, 1.165) is 31.5 Å². The van der Waals surface area contributed by atoms with Crippen LogP contribution in [0, 0.1) is 6.92 Å². The first-order valence-electron chi connectivity index (χ1n) is 12.9. The molecule has 10 nitrogen and oxygen atoms in total. The number of pyridine rings is 1. The third-order valence-electron chi connectivity index (χ3n) is 7.34. The molecule has 0 spiro atoms. The van der Waals surface area contributed by atoms with Gasteiger partial charge >= 0.3 is 6.09 Å². The summed E-state index contributed by atoms with van der Waals surface area (Å²) in [6.07, 6.45) is 1.69. The average Bonchev–Trinajstić information content (AvgIpc) is 3.56. The molecule has 2 aromatic rings. The molecule has 13 heteroatoms. The van der Waals surface area contributed by atoms with Crippen molar-refractivity contribution in [2.24, 2.45) is 0 Å². The number of likely N-dealkylation sites (tertiary alicyclic amines) is 1. The van der Waals surface area contributed by atoms with Crippen LogP contribution in [0.5, 0.6) is 0 Å². The van der Waals surface area contributed by atoms with E-state index in [9.17, 15) is 19.6 Å². The summed E-state index contributed by atoms with van der Waals surface area (Å²) in [7, 11) is 0. The van der Waals surface area contributed by atoms with E-state index in [1.54, 1.807) is 18.3 Å². The zero-order chi connectivity index (χ0) is 28.1. The molecule has 1 N–H and O–H groups in total. The number of ether oxygens (including phenoxy) is 1. The first kappa shape index (κ1) is 29.5.